The van der Waals surface area contributed by atoms with E-state index in [1.807, 2.05) is 31.2 Å². The van der Waals surface area contributed by atoms with E-state index in [1.54, 1.807) is 4.68 Å². The molecular formula is C14H14N4S. The zero-order valence-electron chi connectivity index (χ0n) is 10.8. The van der Waals surface area contributed by atoms with Gasteiger partial charge in [0.1, 0.15) is 5.82 Å². The number of nitrogens with two attached hydrogens (primary N) is 1. The molecule has 3 aromatic rings. The Bertz CT molecular complexity index is 776. The van der Waals surface area contributed by atoms with Crippen LogP contribution in [0.3, 0.4) is 0 Å². The van der Waals surface area contributed by atoms with E-state index in [0.717, 1.165) is 28.0 Å². The maximum atomic E-state index is 6.01. The number of fused-ring (bicyclic) bond motifs is 1. The predicted octanol–water partition coefficient (Wildman–Crippen LogP) is 2.91. The van der Waals surface area contributed by atoms with Gasteiger partial charge in [-0.05, 0) is 31.5 Å². The lowest BCUT2D eigenvalue weighted by Gasteiger charge is -2.07. The molecule has 0 saturated carbocycles. The SMILES string of the molecule is Cc1nn(-c2cc(C)c3ccccc3n2)c(N)c1S. The lowest BCUT2D eigenvalue weighted by atomic mass is 10.1. The molecule has 4 nitrogen and oxygen atoms in total. The van der Waals surface area contributed by atoms with Crippen LogP contribution in [-0.2, 0) is 0 Å². The first-order chi connectivity index (χ1) is 9.08. The highest BCUT2D eigenvalue weighted by Crippen LogP contribution is 2.25. The zero-order valence-corrected chi connectivity index (χ0v) is 11.6. The van der Waals surface area contributed by atoms with Crippen LogP contribution in [0.1, 0.15) is 11.3 Å². The molecule has 0 aliphatic carbocycles. The Balaban J connectivity index is 2.28. The van der Waals surface area contributed by atoms with Crippen LogP contribution in [0.2, 0.25) is 0 Å². The Morgan fingerprint density at radius 1 is 1.21 bits per heavy atom. The van der Waals surface area contributed by atoms with Gasteiger partial charge >= 0.3 is 0 Å². The van der Waals surface area contributed by atoms with Crippen molar-refractivity contribution < 1.29 is 0 Å². The van der Waals surface area contributed by atoms with Gasteiger partial charge < -0.3 is 5.73 Å². The van der Waals surface area contributed by atoms with Crippen molar-refractivity contribution in [2.24, 2.45) is 0 Å². The summed E-state index contributed by atoms with van der Waals surface area (Å²) >= 11 is 4.35. The number of aromatic nitrogens is 3. The van der Waals surface area contributed by atoms with E-state index < -0.39 is 0 Å². The van der Waals surface area contributed by atoms with E-state index >= 15 is 0 Å². The van der Waals surface area contributed by atoms with Crippen LogP contribution in [0, 0.1) is 13.8 Å². The maximum Gasteiger partial charge on any atom is 0.156 e. The number of aryl methyl sites for hydroxylation is 2. The molecule has 0 amide bonds. The van der Waals surface area contributed by atoms with Crippen LogP contribution in [0.5, 0.6) is 0 Å². The molecule has 2 heterocycles. The summed E-state index contributed by atoms with van der Waals surface area (Å²) < 4.78 is 1.64. The number of rotatable bonds is 1. The molecule has 0 unspecified atom stereocenters. The lowest BCUT2D eigenvalue weighted by molar-refractivity contribution is 0.845. The van der Waals surface area contributed by atoms with Crippen molar-refractivity contribution in [3.8, 4) is 5.82 Å². The number of hydrogen-bond donors (Lipinski definition) is 2. The molecule has 2 N–H and O–H groups in total. The number of para-hydroxylation sites is 1. The molecule has 5 heteroatoms. The third kappa shape index (κ3) is 1.86. The average Bonchev–Trinajstić information content (AvgIpc) is 2.66. The van der Waals surface area contributed by atoms with Crippen LogP contribution >= 0.6 is 12.6 Å². The second kappa shape index (κ2) is 4.28. The number of nitrogens with zero attached hydrogens (tertiary/aromatic N) is 3. The molecule has 19 heavy (non-hydrogen) atoms. The standard InChI is InChI=1S/C14H14N4S/c1-8-7-12(16-11-6-4-3-5-10(8)11)18-14(15)13(19)9(2)17-18/h3-7,19H,15H2,1-2H3. The summed E-state index contributed by atoms with van der Waals surface area (Å²) in [7, 11) is 0. The van der Waals surface area contributed by atoms with Gasteiger partial charge in [0, 0.05) is 5.39 Å². The third-order valence-electron chi connectivity index (χ3n) is 3.19. The molecule has 0 spiro atoms. The van der Waals surface area contributed by atoms with Crippen molar-refractivity contribution in [1.29, 1.82) is 0 Å². The molecular weight excluding hydrogens is 256 g/mol. The van der Waals surface area contributed by atoms with E-state index in [2.05, 4.69) is 35.7 Å². The molecule has 0 saturated heterocycles. The molecule has 0 atom stereocenters. The van der Waals surface area contributed by atoms with Crippen molar-refractivity contribution in [1.82, 2.24) is 14.8 Å². The van der Waals surface area contributed by atoms with Crippen LogP contribution in [-0.4, -0.2) is 14.8 Å². The van der Waals surface area contributed by atoms with Crippen molar-refractivity contribution in [2.75, 3.05) is 5.73 Å². The third-order valence-corrected chi connectivity index (χ3v) is 3.74. The summed E-state index contributed by atoms with van der Waals surface area (Å²) in [6, 6.07) is 10.0. The van der Waals surface area contributed by atoms with Crippen LogP contribution in [0.25, 0.3) is 16.7 Å². The fourth-order valence-electron chi connectivity index (χ4n) is 2.15. The topological polar surface area (TPSA) is 56.7 Å². The first kappa shape index (κ1) is 12.0. The smallest absolute Gasteiger partial charge is 0.156 e. The predicted molar refractivity (Wildman–Crippen MR) is 80.0 cm³/mol. The molecule has 1 aromatic carbocycles. The highest BCUT2D eigenvalue weighted by Gasteiger charge is 2.12. The van der Waals surface area contributed by atoms with Crippen LogP contribution in [0.4, 0.5) is 5.82 Å². The molecule has 0 bridgehead atoms. The number of anilines is 1. The second-order valence-electron chi connectivity index (χ2n) is 4.55. The minimum absolute atomic E-state index is 0.517. The minimum Gasteiger partial charge on any atom is -0.383 e. The zero-order chi connectivity index (χ0) is 13.6. The van der Waals surface area contributed by atoms with Gasteiger partial charge in [-0.2, -0.15) is 9.78 Å². The summed E-state index contributed by atoms with van der Waals surface area (Å²) in [5.41, 5.74) is 8.90. The van der Waals surface area contributed by atoms with Gasteiger partial charge in [0.05, 0.1) is 16.1 Å². The van der Waals surface area contributed by atoms with Gasteiger partial charge in [-0.15, -0.1) is 12.6 Å². The molecule has 2 aromatic heterocycles. The molecule has 3 rings (SSSR count). The summed E-state index contributed by atoms with van der Waals surface area (Å²) in [4.78, 5) is 5.31. The second-order valence-corrected chi connectivity index (χ2v) is 4.99. The first-order valence-electron chi connectivity index (χ1n) is 5.99. The van der Waals surface area contributed by atoms with Crippen molar-refractivity contribution in [3.05, 3.63) is 41.6 Å². The Morgan fingerprint density at radius 3 is 2.63 bits per heavy atom. The van der Waals surface area contributed by atoms with Gasteiger partial charge in [-0.1, -0.05) is 18.2 Å². The van der Waals surface area contributed by atoms with Gasteiger partial charge in [0.25, 0.3) is 0 Å². The lowest BCUT2D eigenvalue weighted by Crippen LogP contribution is -2.05. The summed E-state index contributed by atoms with van der Waals surface area (Å²) in [6.45, 7) is 3.94. The van der Waals surface area contributed by atoms with E-state index in [4.69, 9.17) is 5.73 Å². The van der Waals surface area contributed by atoms with Crippen LogP contribution < -0.4 is 5.73 Å². The summed E-state index contributed by atoms with van der Waals surface area (Å²) in [5.74, 6) is 1.24. The highest BCUT2D eigenvalue weighted by molar-refractivity contribution is 7.80. The molecule has 96 valence electrons. The fourth-order valence-corrected chi connectivity index (χ4v) is 2.29. The number of hydrogen-bond acceptors (Lipinski definition) is 4. The molecule has 0 radical (unpaired) electrons. The molecule has 0 aliphatic rings. The van der Waals surface area contributed by atoms with E-state index in [0.29, 0.717) is 10.7 Å². The Kier molecular flexibility index (Phi) is 2.71. The van der Waals surface area contributed by atoms with Gasteiger partial charge in [0.2, 0.25) is 0 Å². The Labute approximate surface area is 116 Å². The van der Waals surface area contributed by atoms with E-state index in [1.165, 1.54) is 0 Å². The number of benzene rings is 1. The normalized spacial score (nSPS) is 11.1. The van der Waals surface area contributed by atoms with E-state index in [-0.39, 0.29) is 0 Å². The highest BCUT2D eigenvalue weighted by atomic mass is 32.1. The molecule has 0 fully saturated rings. The first-order valence-corrected chi connectivity index (χ1v) is 6.43. The molecule has 0 aliphatic heterocycles. The number of nitrogen functional groups attached to an aromatic ring is 1. The average molecular weight is 270 g/mol. The fraction of sp³-hybridized carbons (Fsp3) is 0.143. The monoisotopic (exact) mass is 270 g/mol. The van der Waals surface area contributed by atoms with Crippen molar-refractivity contribution in [3.63, 3.8) is 0 Å². The van der Waals surface area contributed by atoms with Crippen LogP contribution in [0.15, 0.2) is 35.2 Å². The van der Waals surface area contributed by atoms with Gasteiger partial charge in [-0.3, -0.25) is 0 Å². The summed E-state index contributed by atoms with van der Waals surface area (Å²) in [6.07, 6.45) is 0. The van der Waals surface area contributed by atoms with E-state index in [9.17, 15) is 0 Å². The minimum atomic E-state index is 0.517. The largest absolute Gasteiger partial charge is 0.383 e. The number of thiol groups is 1. The number of pyridine rings is 1. The van der Waals surface area contributed by atoms with Crippen molar-refractivity contribution in [2.45, 2.75) is 18.7 Å². The van der Waals surface area contributed by atoms with Gasteiger partial charge in [0.15, 0.2) is 5.82 Å². The quantitative estimate of drug-likeness (QED) is 0.668. The Hall–Kier alpha value is -2.01. The summed E-state index contributed by atoms with van der Waals surface area (Å²) in [5, 5.41) is 5.52. The maximum absolute atomic E-state index is 6.01. The van der Waals surface area contributed by atoms with Crippen molar-refractivity contribution >= 4 is 29.3 Å². The Morgan fingerprint density at radius 2 is 1.95 bits per heavy atom. The van der Waals surface area contributed by atoms with Gasteiger partial charge in [-0.25, -0.2) is 4.98 Å².